The third-order valence-electron chi connectivity index (χ3n) is 3.76. The molecule has 0 radical (unpaired) electrons. The molecule has 17 heavy (non-hydrogen) atoms. The number of rotatable bonds is 3. The van der Waals surface area contributed by atoms with Crippen molar-refractivity contribution in [2.45, 2.75) is 40.5 Å². The summed E-state index contributed by atoms with van der Waals surface area (Å²) in [5.41, 5.74) is -0.389. The number of piperidine rings is 1. The van der Waals surface area contributed by atoms with Crippen LogP contribution in [-0.2, 0) is 9.59 Å². The van der Waals surface area contributed by atoms with Crippen LogP contribution in [0.5, 0.6) is 0 Å². The molecule has 1 amide bonds. The third kappa shape index (κ3) is 3.20. The van der Waals surface area contributed by atoms with Crippen molar-refractivity contribution in [2.75, 3.05) is 13.1 Å². The van der Waals surface area contributed by atoms with Crippen molar-refractivity contribution in [1.29, 1.82) is 0 Å². The molecule has 1 fully saturated rings. The van der Waals surface area contributed by atoms with E-state index in [1.807, 2.05) is 27.7 Å². The first-order valence-electron chi connectivity index (χ1n) is 6.30. The Kier molecular flexibility index (Phi) is 4.17. The number of amides is 1. The predicted molar refractivity (Wildman–Crippen MR) is 65.6 cm³/mol. The highest BCUT2D eigenvalue weighted by Gasteiger charge is 2.37. The number of carbonyl (C=O) groups excluding carboxylic acids is 1. The molecule has 2 atom stereocenters. The van der Waals surface area contributed by atoms with Gasteiger partial charge in [0.15, 0.2) is 0 Å². The first-order chi connectivity index (χ1) is 7.77. The first kappa shape index (κ1) is 14.0. The molecule has 1 aliphatic heterocycles. The van der Waals surface area contributed by atoms with Gasteiger partial charge in [0.25, 0.3) is 0 Å². The average molecular weight is 241 g/mol. The second kappa shape index (κ2) is 5.07. The maximum Gasteiger partial charge on any atom is 0.308 e. The average Bonchev–Trinajstić information content (AvgIpc) is 2.27. The van der Waals surface area contributed by atoms with E-state index in [0.29, 0.717) is 19.5 Å². The van der Waals surface area contributed by atoms with Gasteiger partial charge in [0.05, 0.1) is 5.92 Å². The molecule has 1 saturated heterocycles. The van der Waals surface area contributed by atoms with Crippen molar-refractivity contribution < 1.29 is 14.7 Å². The molecule has 0 aromatic heterocycles. The number of carboxylic acids is 1. The van der Waals surface area contributed by atoms with Crippen molar-refractivity contribution in [1.82, 2.24) is 4.90 Å². The standard InChI is InChI=1S/C13H23NO3/c1-5-13(3,4)12(17)14-7-9(2)6-10(8-14)11(15)16/h9-10H,5-8H2,1-4H3,(H,15,16). The minimum Gasteiger partial charge on any atom is -0.481 e. The zero-order chi connectivity index (χ0) is 13.2. The summed E-state index contributed by atoms with van der Waals surface area (Å²) in [5.74, 6) is -0.849. The molecule has 1 rings (SSSR count). The van der Waals surface area contributed by atoms with E-state index in [2.05, 4.69) is 0 Å². The van der Waals surface area contributed by atoms with Crippen LogP contribution in [0.3, 0.4) is 0 Å². The molecule has 0 aromatic carbocycles. The van der Waals surface area contributed by atoms with Crippen LogP contribution in [0.15, 0.2) is 0 Å². The van der Waals surface area contributed by atoms with Gasteiger partial charge in [-0.25, -0.2) is 0 Å². The molecule has 98 valence electrons. The molecule has 2 unspecified atom stereocenters. The smallest absolute Gasteiger partial charge is 0.308 e. The Balaban J connectivity index is 2.77. The number of aliphatic carboxylic acids is 1. The summed E-state index contributed by atoms with van der Waals surface area (Å²) >= 11 is 0. The fraction of sp³-hybridized carbons (Fsp3) is 0.846. The van der Waals surface area contributed by atoms with Gasteiger partial charge in [0.1, 0.15) is 0 Å². The monoisotopic (exact) mass is 241 g/mol. The number of hydrogen-bond acceptors (Lipinski definition) is 2. The lowest BCUT2D eigenvalue weighted by molar-refractivity contribution is -0.150. The van der Waals surface area contributed by atoms with Crippen molar-refractivity contribution in [3.05, 3.63) is 0 Å². The van der Waals surface area contributed by atoms with Gasteiger partial charge in [-0.1, -0.05) is 27.7 Å². The summed E-state index contributed by atoms with van der Waals surface area (Å²) in [5, 5.41) is 9.08. The summed E-state index contributed by atoms with van der Waals surface area (Å²) in [6, 6.07) is 0. The molecule has 0 saturated carbocycles. The van der Waals surface area contributed by atoms with E-state index in [4.69, 9.17) is 5.11 Å². The van der Waals surface area contributed by atoms with Crippen molar-refractivity contribution in [3.63, 3.8) is 0 Å². The molecule has 0 bridgehead atoms. The summed E-state index contributed by atoms with van der Waals surface area (Å²) in [4.78, 5) is 25.1. The van der Waals surface area contributed by atoms with Crippen LogP contribution in [0.2, 0.25) is 0 Å². The Morgan fingerprint density at radius 1 is 1.35 bits per heavy atom. The van der Waals surface area contributed by atoms with Crippen molar-refractivity contribution in [3.8, 4) is 0 Å². The van der Waals surface area contributed by atoms with Crippen LogP contribution in [0, 0.1) is 17.3 Å². The van der Waals surface area contributed by atoms with Crippen LogP contribution < -0.4 is 0 Å². The van der Waals surface area contributed by atoms with Crippen LogP contribution in [-0.4, -0.2) is 35.0 Å². The Labute approximate surface area is 103 Å². The van der Waals surface area contributed by atoms with Gasteiger partial charge in [-0.3, -0.25) is 9.59 Å². The molecule has 1 aliphatic rings. The largest absolute Gasteiger partial charge is 0.481 e. The van der Waals surface area contributed by atoms with E-state index in [9.17, 15) is 9.59 Å². The molecule has 4 heteroatoms. The zero-order valence-electron chi connectivity index (χ0n) is 11.2. The molecule has 4 nitrogen and oxygen atoms in total. The van der Waals surface area contributed by atoms with Crippen molar-refractivity contribution >= 4 is 11.9 Å². The summed E-state index contributed by atoms with van der Waals surface area (Å²) in [6.45, 7) is 8.89. The van der Waals surface area contributed by atoms with Crippen LogP contribution in [0.4, 0.5) is 0 Å². The molecule has 1 heterocycles. The summed E-state index contributed by atoms with van der Waals surface area (Å²) in [7, 11) is 0. The van der Waals surface area contributed by atoms with Gasteiger partial charge >= 0.3 is 5.97 Å². The number of nitrogens with zero attached hydrogens (tertiary/aromatic N) is 1. The Morgan fingerprint density at radius 2 is 1.94 bits per heavy atom. The first-order valence-corrected chi connectivity index (χ1v) is 6.30. The number of carboxylic acid groups (broad SMARTS) is 1. The van der Waals surface area contributed by atoms with Gasteiger partial charge in [0.2, 0.25) is 5.91 Å². The highest BCUT2D eigenvalue weighted by Crippen LogP contribution is 2.28. The summed E-state index contributed by atoms with van der Waals surface area (Å²) in [6.07, 6.45) is 1.44. The lowest BCUT2D eigenvalue weighted by Gasteiger charge is -2.38. The van der Waals surface area contributed by atoms with E-state index in [-0.39, 0.29) is 17.2 Å². The minimum atomic E-state index is -0.788. The van der Waals surface area contributed by atoms with E-state index >= 15 is 0 Å². The van der Waals surface area contributed by atoms with Gasteiger partial charge in [-0.05, 0) is 18.8 Å². The molecule has 0 aromatic rings. The number of hydrogen-bond donors (Lipinski definition) is 1. The topological polar surface area (TPSA) is 57.6 Å². The Morgan fingerprint density at radius 3 is 2.41 bits per heavy atom. The second-order valence-corrected chi connectivity index (χ2v) is 5.82. The molecular weight excluding hydrogens is 218 g/mol. The Hall–Kier alpha value is -1.06. The third-order valence-corrected chi connectivity index (χ3v) is 3.76. The number of likely N-dealkylation sites (tertiary alicyclic amines) is 1. The molecule has 0 spiro atoms. The van der Waals surface area contributed by atoms with E-state index < -0.39 is 11.9 Å². The van der Waals surface area contributed by atoms with E-state index in [0.717, 1.165) is 6.42 Å². The second-order valence-electron chi connectivity index (χ2n) is 5.82. The van der Waals surface area contributed by atoms with Crippen LogP contribution in [0.25, 0.3) is 0 Å². The summed E-state index contributed by atoms with van der Waals surface area (Å²) < 4.78 is 0. The molecule has 0 aliphatic carbocycles. The lowest BCUT2D eigenvalue weighted by Crippen LogP contribution is -2.49. The predicted octanol–water partition coefficient (Wildman–Crippen LogP) is 1.99. The lowest BCUT2D eigenvalue weighted by atomic mass is 9.85. The van der Waals surface area contributed by atoms with Crippen LogP contribution >= 0.6 is 0 Å². The van der Waals surface area contributed by atoms with Gasteiger partial charge in [-0.15, -0.1) is 0 Å². The van der Waals surface area contributed by atoms with Gasteiger partial charge in [0, 0.05) is 18.5 Å². The maximum atomic E-state index is 12.3. The normalized spacial score (nSPS) is 25.8. The van der Waals surface area contributed by atoms with Gasteiger partial charge in [-0.2, -0.15) is 0 Å². The highest BCUT2D eigenvalue weighted by molar-refractivity contribution is 5.82. The van der Waals surface area contributed by atoms with Crippen molar-refractivity contribution in [2.24, 2.45) is 17.3 Å². The number of carbonyl (C=O) groups is 2. The Bertz CT molecular complexity index is 312. The van der Waals surface area contributed by atoms with E-state index in [1.165, 1.54) is 0 Å². The highest BCUT2D eigenvalue weighted by atomic mass is 16.4. The maximum absolute atomic E-state index is 12.3. The fourth-order valence-corrected chi connectivity index (χ4v) is 2.28. The fourth-order valence-electron chi connectivity index (χ4n) is 2.28. The van der Waals surface area contributed by atoms with Crippen LogP contribution in [0.1, 0.15) is 40.5 Å². The SMILES string of the molecule is CCC(C)(C)C(=O)N1CC(C)CC(C(=O)O)C1. The zero-order valence-corrected chi connectivity index (χ0v) is 11.2. The molecule has 1 N–H and O–H groups in total. The van der Waals surface area contributed by atoms with Gasteiger partial charge < -0.3 is 10.0 Å². The minimum absolute atomic E-state index is 0.0813. The van der Waals surface area contributed by atoms with E-state index in [1.54, 1.807) is 4.90 Å². The molecular formula is C13H23NO3. The quantitative estimate of drug-likeness (QED) is 0.822.